The number of fused-ring (bicyclic) bond motifs is 1. The third kappa shape index (κ3) is 7.64. The smallest absolute Gasteiger partial charge is 0.219 e. The molecule has 3 aliphatic rings. The predicted molar refractivity (Wildman–Crippen MR) is 229 cm³/mol. The minimum atomic E-state index is -2.33. The SMILES string of the molecule is COc1ccc(C(OC[C@H]2O[C@@H](N3C4=NC=NC(N)(C(=O)c5ccccc5)C4=NC3Br)C[C@@H]2O[Si](C)(C)C(C)(C)C)(c2ccccc2)c2ccc(OC)cc2)cc1. The molecule has 11 nitrogen and oxygen atoms in total. The Morgan fingerprint density at radius 1 is 0.877 bits per heavy atom. The van der Waals surface area contributed by atoms with Crippen molar-refractivity contribution in [3.63, 3.8) is 0 Å². The van der Waals surface area contributed by atoms with Crippen LogP contribution in [0.25, 0.3) is 0 Å². The van der Waals surface area contributed by atoms with Gasteiger partial charge in [-0.2, -0.15) is 0 Å². The molecule has 2 unspecified atom stereocenters. The van der Waals surface area contributed by atoms with Crippen molar-refractivity contribution in [1.82, 2.24) is 4.90 Å². The third-order valence-electron chi connectivity index (χ3n) is 11.5. The van der Waals surface area contributed by atoms with Crippen molar-refractivity contribution in [3.05, 3.63) is 131 Å². The lowest BCUT2D eigenvalue weighted by Gasteiger charge is -2.40. The molecule has 1 saturated heterocycles. The lowest BCUT2D eigenvalue weighted by Crippen LogP contribution is -2.59. The summed E-state index contributed by atoms with van der Waals surface area (Å²) in [6, 6.07) is 35.0. The quantitative estimate of drug-likeness (QED) is 0.0472. The molecule has 4 aromatic carbocycles. The van der Waals surface area contributed by atoms with Gasteiger partial charge in [0.2, 0.25) is 11.4 Å². The molecule has 13 heteroatoms. The highest BCUT2D eigenvalue weighted by Crippen LogP contribution is 2.45. The number of hydrogen-bond donors (Lipinski definition) is 1. The number of methoxy groups -OCH3 is 2. The summed E-state index contributed by atoms with van der Waals surface area (Å²) in [6.07, 6.45) is 0.387. The van der Waals surface area contributed by atoms with Gasteiger partial charge in [-0.15, -0.1) is 0 Å². The number of rotatable bonds is 13. The second kappa shape index (κ2) is 16.0. The van der Waals surface area contributed by atoms with Crippen LogP contribution in [-0.2, 0) is 19.5 Å². The summed E-state index contributed by atoms with van der Waals surface area (Å²) in [5, 5.41) is -0.696. The van der Waals surface area contributed by atoms with Gasteiger partial charge in [0.1, 0.15) is 41.5 Å². The average Bonchev–Trinajstić information content (AvgIpc) is 3.77. The van der Waals surface area contributed by atoms with Crippen LogP contribution in [0.4, 0.5) is 0 Å². The molecular weight excluding hydrogens is 803 g/mol. The number of ether oxygens (including phenoxy) is 4. The Kier molecular flexibility index (Phi) is 11.4. The van der Waals surface area contributed by atoms with Gasteiger partial charge in [0.05, 0.1) is 26.9 Å². The molecule has 1 fully saturated rings. The molecule has 57 heavy (non-hydrogen) atoms. The van der Waals surface area contributed by atoms with Crippen molar-refractivity contribution >= 4 is 47.9 Å². The molecule has 4 aromatic rings. The minimum Gasteiger partial charge on any atom is -0.497 e. The first-order chi connectivity index (χ1) is 27.2. The summed E-state index contributed by atoms with van der Waals surface area (Å²) < 4.78 is 32.7. The highest BCUT2D eigenvalue weighted by molar-refractivity contribution is 9.09. The van der Waals surface area contributed by atoms with E-state index in [1.807, 2.05) is 77.7 Å². The van der Waals surface area contributed by atoms with Crippen LogP contribution in [0.2, 0.25) is 18.1 Å². The summed E-state index contributed by atoms with van der Waals surface area (Å²) in [4.78, 5) is 29.6. The molecule has 0 spiro atoms. The number of amidine groups is 1. The van der Waals surface area contributed by atoms with Gasteiger partial charge in [0.25, 0.3) is 0 Å². The molecule has 0 aromatic heterocycles. The van der Waals surface area contributed by atoms with E-state index in [1.54, 1.807) is 38.5 Å². The first-order valence-corrected chi connectivity index (χ1v) is 22.9. The van der Waals surface area contributed by atoms with Crippen LogP contribution in [-0.4, -0.2) is 86.9 Å². The topological polar surface area (TPSA) is 130 Å². The Labute approximate surface area is 344 Å². The van der Waals surface area contributed by atoms with Gasteiger partial charge in [-0.05, 0) is 75.0 Å². The number of carbonyl (C=O) groups is 1. The maximum Gasteiger partial charge on any atom is 0.219 e. The van der Waals surface area contributed by atoms with E-state index in [1.165, 1.54) is 6.34 Å². The van der Waals surface area contributed by atoms with Crippen molar-refractivity contribution in [2.45, 2.75) is 80.1 Å². The molecule has 5 atom stereocenters. The molecule has 0 aliphatic carbocycles. The summed E-state index contributed by atoms with van der Waals surface area (Å²) in [6.45, 7) is 11.3. The van der Waals surface area contributed by atoms with Gasteiger partial charge in [-0.25, -0.2) is 15.0 Å². The summed E-state index contributed by atoms with van der Waals surface area (Å²) in [7, 11) is 0.976. The van der Waals surface area contributed by atoms with Crippen molar-refractivity contribution in [2.75, 3.05) is 20.8 Å². The molecule has 298 valence electrons. The van der Waals surface area contributed by atoms with Crippen molar-refractivity contribution in [3.8, 4) is 11.5 Å². The number of aliphatic imine (C=N–C) groups is 3. The largest absolute Gasteiger partial charge is 0.497 e. The number of carbonyl (C=O) groups excluding carboxylic acids is 1. The first kappa shape index (κ1) is 40.7. The van der Waals surface area contributed by atoms with E-state index in [4.69, 9.17) is 34.1 Å². The fourth-order valence-corrected chi connectivity index (χ4v) is 9.33. The van der Waals surface area contributed by atoms with Gasteiger partial charge in [-0.1, -0.05) is 106 Å². The number of nitrogens with two attached hydrogens (primary N) is 1. The number of alkyl halides is 1. The van der Waals surface area contributed by atoms with Crippen molar-refractivity contribution < 1.29 is 28.2 Å². The van der Waals surface area contributed by atoms with E-state index in [9.17, 15) is 4.79 Å². The van der Waals surface area contributed by atoms with Crippen LogP contribution in [0, 0.1) is 0 Å². The Balaban J connectivity index is 1.26. The van der Waals surface area contributed by atoms with E-state index in [2.05, 4.69) is 71.9 Å². The van der Waals surface area contributed by atoms with Gasteiger partial charge in [-0.3, -0.25) is 15.4 Å². The zero-order valence-corrected chi connectivity index (χ0v) is 36.0. The van der Waals surface area contributed by atoms with Crippen LogP contribution in [0.3, 0.4) is 0 Å². The zero-order chi connectivity index (χ0) is 40.6. The lowest BCUT2D eigenvalue weighted by molar-refractivity contribution is -0.0984. The monoisotopic (exact) mass is 851 g/mol. The Morgan fingerprint density at radius 2 is 1.42 bits per heavy atom. The first-order valence-electron chi connectivity index (χ1n) is 19.0. The maximum absolute atomic E-state index is 13.9. The van der Waals surface area contributed by atoms with Gasteiger partial charge >= 0.3 is 0 Å². The maximum atomic E-state index is 13.9. The van der Waals surface area contributed by atoms with Crippen LogP contribution >= 0.6 is 15.9 Å². The van der Waals surface area contributed by atoms with Crippen molar-refractivity contribution in [2.24, 2.45) is 20.7 Å². The number of benzene rings is 4. The van der Waals surface area contributed by atoms with Gasteiger partial charge < -0.3 is 23.4 Å². The number of ketones is 1. The fourth-order valence-electron chi connectivity index (χ4n) is 7.31. The van der Waals surface area contributed by atoms with Crippen LogP contribution in [0.15, 0.2) is 124 Å². The van der Waals surface area contributed by atoms with E-state index < -0.39 is 37.0 Å². The average molecular weight is 853 g/mol. The van der Waals surface area contributed by atoms with E-state index in [0.29, 0.717) is 17.8 Å². The number of halogens is 1. The van der Waals surface area contributed by atoms with Crippen LogP contribution < -0.4 is 15.2 Å². The molecule has 0 saturated carbocycles. The standard InChI is InChI=1S/C44H50BrN5O6Si/c1-42(2,3)57(6,7)56-35-26-37(50-40-38(49-41(50)45)44(46,48-28-47-40)39(51)29-14-10-8-11-15-29)55-36(35)27-54-43(30-16-12-9-13-17-30,31-18-22-33(52-4)23-19-31)32-20-24-34(53-5)25-21-32/h8-25,28,35-37,41H,26-27,46H2,1-7H3/t35-,36+,37+,41?,44?/m0/s1. The Bertz CT molecular complexity index is 2100. The van der Waals surface area contributed by atoms with Crippen LogP contribution in [0.5, 0.6) is 11.5 Å². The highest BCUT2D eigenvalue weighted by Gasteiger charge is 2.54. The second-order valence-corrected chi connectivity index (χ2v) is 21.5. The number of Topliss-reactive ketones (excluding diaryl/α,β-unsaturated/α-hetero) is 1. The van der Waals surface area contributed by atoms with E-state index in [-0.39, 0.29) is 29.2 Å². The molecule has 3 heterocycles. The fraction of sp³-hybridized carbons (Fsp3) is 0.364. The van der Waals surface area contributed by atoms with E-state index in [0.717, 1.165) is 28.2 Å². The zero-order valence-electron chi connectivity index (χ0n) is 33.4. The second-order valence-electron chi connectivity index (χ2n) is 16.0. The molecule has 0 bridgehead atoms. The normalized spacial score (nSPS) is 23.5. The number of nitrogens with zero attached hydrogens (tertiary/aromatic N) is 4. The van der Waals surface area contributed by atoms with E-state index >= 15 is 0 Å². The van der Waals surface area contributed by atoms with Crippen molar-refractivity contribution in [1.29, 1.82) is 0 Å². The van der Waals surface area contributed by atoms with Crippen LogP contribution in [0.1, 0.15) is 54.2 Å². The summed E-state index contributed by atoms with van der Waals surface area (Å²) in [5.74, 6) is 1.52. The van der Waals surface area contributed by atoms with Gasteiger partial charge in [0, 0.05) is 12.0 Å². The number of hydrogen-bond acceptors (Lipinski definition) is 11. The van der Waals surface area contributed by atoms with Gasteiger partial charge in [0.15, 0.2) is 19.2 Å². The Hall–Kier alpha value is -4.50. The molecule has 3 aliphatic heterocycles. The third-order valence-corrected chi connectivity index (χ3v) is 16.6. The predicted octanol–water partition coefficient (Wildman–Crippen LogP) is 7.93. The minimum absolute atomic E-state index is 0.0702. The molecular formula is C44H50BrN5O6Si. The molecule has 2 N–H and O–H groups in total. The Morgan fingerprint density at radius 3 is 1.96 bits per heavy atom. The summed E-state index contributed by atoms with van der Waals surface area (Å²) >= 11 is 3.75. The molecule has 0 amide bonds. The molecule has 7 rings (SSSR count). The lowest BCUT2D eigenvalue weighted by atomic mass is 9.80. The molecule has 0 radical (unpaired) electrons. The summed E-state index contributed by atoms with van der Waals surface area (Å²) in [5.41, 5.74) is 7.46. The highest BCUT2D eigenvalue weighted by atomic mass is 79.9.